The van der Waals surface area contributed by atoms with Crippen LogP contribution in [0, 0.1) is 0 Å². The zero-order valence-corrected chi connectivity index (χ0v) is 14.6. The van der Waals surface area contributed by atoms with Gasteiger partial charge in [-0.3, -0.25) is 9.52 Å². The molecular formula is C18H21N3O3S. The summed E-state index contributed by atoms with van der Waals surface area (Å²) in [6.07, 6.45) is 2.21. The van der Waals surface area contributed by atoms with Gasteiger partial charge >= 0.3 is 0 Å². The van der Waals surface area contributed by atoms with Crippen molar-refractivity contribution in [1.29, 1.82) is 0 Å². The first kappa shape index (κ1) is 17.4. The highest BCUT2D eigenvalue weighted by Gasteiger charge is 2.16. The quantitative estimate of drug-likeness (QED) is 0.736. The number of carbonyl (C=O) groups is 1. The Morgan fingerprint density at radius 2 is 1.80 bits per heavy atom. The summed E-state index contributed by atoms with van der Waals surface area (Å²) in [4.78, 5) is 12.3. The zero-order chi connectivity index (χ0) is 17.7. The Hall–Kier alpha value is -2.38. The van der Waals surface area contributed by atoms with Crippen LogP contribution in [-0.4, -0.2) is 33.5 Å². The van der Waals surface area contributed by atoms with E-state index in [0.29, 0.717) is 23.8 Å². The summed E-state index contributed by atoms with van der Waals surface area (Å²) >= 11 is 0. The minimum absolute atomic E-state index is 0.161. The van der Waals surface area contributed by atoms with Crippen molar-refractivity contribution in [3.05, 3.63) is 60.2 Å². The third-order valence-electron chi connectivity index (χ3n) is 4.12. The molecule has 2 aromatic carbocycles. The molecule has 1 aliphatic heterocycles. The number of hydrogen-bond acceptors (Lipinski definition) is 4. The van der Waals surface area contributed by atoms with Gasteiger partial charge in [-0.1, -0.05) is 18.2 Å². The van der Waals surface area contributed by atoms with E-state index in [1.54, 1.807) is 42.5 Å². The summed E-state index contributed by atoms with van der Waals surface area (Å²) in [5.41, 5.74) is 0.915. The van der Waals surface area contributed by atoms with E-state index in [4.69, 9.17) is 0 Å². The van der Waals surface area contributed by atoms with Crippen LogP contribution >= 0.6 is 0 Å². The molecule has 1 amide bonds. The lowest BCUT2D eigenvalue weighted by atomic mass is 10.2. The predicted octanol–water partition coefficient (Wildman–Crippen LogP) is 1.97. The van der Waals surface area contributed by atoms with Crippen molar-refractivity contribution in [1.82, 2.24) is 10.6 Å². The highest BCUT2D eigenvalue weighted by molar-refractivity contribution is 7.92. The van der Waals surface area contributed by atoms with Gasteiger partial charge in [-0.15, -0.1) is 0 Å². The van der Waals surface area contributed by atoms with Crippen LogP contribution in [-0.2, 0) is 10.0 Å². The van der Waals surface area contributed by atoms with Gasteiger partial charge in [-0.2, -0.15) is 0 Å². The van der Waals surface area contributed by atoms with Gasteiger partial charge in [0.05, 0.1) is 4.90 Å². The third-order valence-corrected chi connectivity index (χ3v) is 5.52. The van der Waals surface area contributed by atoms with Crippen LogP contribution in [0.4, 0.5) is 5.69 Å². The summed E-state index contributed by atoms with van der Waals surface area (Å²) in [5, 5.41) is 6.22. The summed E-state index contributed by atoms with van der Waals surface area (Å²) < 4.78 is 27.1. The monoisotopic (exact) mass is 359 g/mol. The number of carbonyl (C=O) groups excluding carboxylic acids is 1. The van der Waals surface area contributed by atoms with E-state index >= 15 is 0 Å². The molecule has 0 radical (unpaired) electrons. The summed E-state index contributed by atoms with van der Waals surface area (Å²) in [6, 6.07) is 14.9. The normalized spacial score (nSPS) is 17.2. The number of anilines is 1. The molecule has 1 atom stereocenters. The first-order valence-electron chi connectivity index (χ1n) is 8.24. The first-order valence-corrected chi connectivity index (χ1v) is 9.72. The number of rotatable bonds is 6. The lowest BCUT2D eigenvalue weighted by molar-refractivity contribution is 0.0950. The molecule has 2 aromatic rings. The number of amides is 1. The fourth-order valence-electron chi connectivity index (χ4n) is 2.75. The highest BCUT2D eigenvalue weighted by atomic mass is 32.2. The second-order valence-corrected chi connectivity index (χ2v) is 7.68. The van der Waals surface area contributed by atoms with Crippen molar-refractivity contribution in [2.24, 2.45) is 0 Å². The third kappa shape index (κ3) is 4.58. The molecule has 1 fully saturated rings. The molecule has 7 heteroatoms. The average molecular weight is 359 g/mol. The number of sulfonamides is 1. The Balaban J connectivity index is 1.61. The van der Waals surface area contributed by atoms with Crippen LogP contribution in [0.3, 0.4) is 0 Å². The maximum atomic E-state index is 12.3. The zero-order valence-electron chi connectivity index (χ0n) is 13.7. The van der Waals surface area contributed by atoms with Crippen molar-refractivity contribution < 1.29 is 13.2 Å². The molecule has 1 aliphatic rings. The highest BCUT2D eigenvalue weighted by Crippen LogP contribution is 2.16. The molecule has 0 aliphatic carbocycles. The van der Waals surface area contributed by atoms with E-state index in [1.165, 1.54) is 12.1 Å². The van der Waals surface area contributed by atoms with Gasteiger partial charge in [0.25, 0.3) is 15.9 Å². The molecule has 3 N–H and O–H groups in total. The maximum absolute atomic E-state index is 12.3. The van der Waals surface area contributed by atoms with Crippen molar-refractivity contribution in [2.45, 2.75) is 23.8 Å². The van der Waals surface area contributed by atoms with E-state index < -0.39 is 10.0 Å². The smallest absolute Gasteiger partial charge is 0.261 e. The topological polar surface area (TPSA) is 87.3 Å². The first-order chi connectivity index (χ1) is 12.0. The lowest BCUT2D eigenvalue weighted by Crippen LogP contribution is -2.37. The van der Waals surface area contributed by atoms with Crippen LogP contribution in [0.5, 0.6) is 0 Å². The molecule has 0 spiro atoms. The van der Waals surface area contributed by atoms with E-state index in [1.807, 2.05) is 0 Å². The van der Waals surface area contributed by atoms with Crippen molar-refractivity contribution in [3.8, 4) is 0 Å². The van der Waals surface area contributed by atoms with Gasteiger partial charge in [0.2, 0.25) is 0 Å². The molecule has 132 valence electrons. The minimum atomic E-state index is -3.63. The molecule has 6 nitrogen and oxygen atoms in total. The van der Waals surface area contributed by atoms with E-state index in [-0.39, 0.29) is 10.8 Å². The molecule has 3 rings (SSSR count). The molecule has 1 saturated heterocycles. The standard InChI is InChI=1S/C18H21N3O3S/c22-18(20-13-16-5-4-12-19-16)14-8-10-15(11-9-14)21-25(23,24)17-6-2-1-3-7-17/h1-3,6-11,16,19,21H,4-5,12-13H2,(H,20,22). The van der Waals surface area contributed by atoms with Crippen LogP contribution in [0.15, 0.2) is 59.5 Å². The molecule has 0 bridgehead atoms. The van der Waals surface area contributed by atoms with E-state index in [9.17, 15) is 13.2 Å². The number of nitrogens with one attached hydrogen (secondary N) is 3. The molecule has 0 saturated carbocycles. The Labute approximate surface area is 147 Å². The Bertz CT molecular complexity index is 814. The van der Waals surface area contributed by atoms with Crippen molar-refractivity contribution in [2.75, 3.05) is 17.8 Å². The largest absolute Gasteiger partial charge is 0.350 e. The van der Waals surface area contributed by atoms with Crippen molar-refractivity contribution >= 4 is 21.6 Å². The summed E-state index contributed by atoms with van der Waals surface area (Å²) in [6.45, 7) is 1.60. The molecule has 1 unspecified atom stereocenters. The fraction of sp³-hybridized carbons (Fsp3) is 0.278. The lowest BCUT2D eigenvalue weighted by Gasteiger charge is -2.12. The molecule has 0 aromatic heterocycles. The molecule has 1 heterocycles. The van der Waals surface area contributed by atoms with Gasteiger partial charge in [0, 0.05) is 23.8 Å². The maximum Gasteiger partial charge on any atom is 0.261 e. The second kappa shape index (κ2) is 7.67. The Morgan fingerprint density at radius 3 is 2.44 bits per heavy atom. The van der Waals surface area contributed by atoms with Crippen LogP contribution in [0.25, 0.3) is 0 Å². The minimum Gasteiger partial charge on any atom is -0.350 e. The van der Waals surface area contributed by atoms with Gasteiger partial charge in [0.1, 0.15) is 0 Å². The SMILES string of the molecule is O=C(NCC1CCCN1)c1ccc(NS(=O)(=O)c2ccccc2)cc1. The Kier molecular flexibility index (Phi) is 5.35. The van der Waals surface area contributed by atoms with E-state index in [2.05, 4.69) is 15.4 Å². The van der Waals surface area contributed by atoms with Crippen molar-refractivity contribution in [3.63, 3.8) is 0 Å². The fourth-order valence-corrected chi connectivity index (χ4v) is 3.83. The average Bonchev–Trinajstić information content (AvgIpc) is 3.14. The van der Waals surface area contributed by atoms with Gasteiger partial charge < -0.3 is 10.6 Å². The predicted molar refractivity (Wildman–Crippen MR) is 97.1 cm³/mol. The Morgan fingerprint density at radius 1 is 1.08 bits per heavy atom. The summed E-state index contributed by atoms with van der Waals surface area (Å²) in [5.74, 6) is -0.161. The van der Waals surface area contributed by atoms with Crippen LogP contribution < -0.4 is 15.4 Å². The van der Waals surface area contributed by atoms with Gasteiger partial charge in [0.15, 0.2) is 0 Å². The summed E-state index contributed by atoms with van der Waals surface area (Å²) in [7, 11) is -3.63. The van der Waals surface area contributed by atoms with E-state index in [0.717, 1.165) is 19.4 Å². The van der Waals surface area contributed by atoms with Gasteiger partial charge in [-0.25, -0.2) is 8.42 Å². The van der Waals surface area contributed by atoms with Gasteiger partial charge in [-0.05, 0) is 55.8 Å². The number of benzene rings is 2. The van der Waals surface area contributed by atoms with Crippen LogP contribution in [0.2, 0.25) is 0 Å². The van der Waals surface area contributed by atoms with Crippen LogP contribution in [0.1, 0.15) is 23.2 Å². The molecule has 25 heavy (non-hydrogen) atoms. The number of hydrogen-bond donors (Lipinski definition) is 3. The second-order valence-electron chi connectivity index (χ2n) is 6.00. The molecular weight excluding hydrogens is 338 g/mol.